The third-order valence-electron chi connectivity index (χ3n) is 4.13. The van der Waals surface area contributed by atoms with Crippen molar-refractivity contribution in [3.63, 3.8) is 0 Å². The maximum absolute atomic E-state index is 12.0. The van der Waals surface area contributed by atoms with E-state index in [4.69, 9.17) is 16.0 Å². The summed E-state index contributed by atoms with van der Waals surface area (Å²) in [5.74, 6) is 0.613. The highest BCUT2D eigenvalue weighted by Gasteiger charge is 2.35. The van der Waals surface area contributed by atoms with E-state index in [1.54, 1.807) is 12.1 Å². The molecule has 5 nitrogen and oxygen atoms in total. The summed E-state index contributed by atoms with van der Waals surface area (Å²) < 4.78 is 5.77. The number of anilines is 1. The summed E-state index contributed by atoms with van der Waals surface area (Å²) in [7, 11) is 0. The van der Waals surface area contributed by atoms with Crippen molar-refractivity contribution in [1.29, 1.82) is 0 Å². The summed E-state index contributed by atoms with van der Waals surface area (Å²) in [5.41, 5.74) is 1.51. The fourth-order valence-corrected chi connectivity index (χ4v) is 2.90. The van der Waals surface area contributed by atoms with Crippen LogP contribution in [0.1, 0.15) is 12.8 Å². The smallest absolute Gasteiger partial charge is 0.298 e. The molecule has 1 aromatic heterocycles. The second kappa shape index (κ2) is 4.91. The summed E-state index contributed by atoms with van der Waals surface area (Å²) in [6, 6.07) is 6.05. The van der Waals surface area contributed by atoms with Crippen molar-refractivity contribution in [2.75, 3.05) is 31.1 Å². The molecule has 0 N–H and O–H groups in total. The zero-order valence-electron chi connectivity index (χ0n) is 11.6. The number of amides is 1. The van der Waals surface area contributed by atoms with E-state index in [-0.39, 0.29) is 0 Å². The van der Waals surface area contributed by atoms with Gasteiger partial charge in [0.15, 0.2) is 5.58 Å². The average molecular weight is 306 g/mol. The number of rotatable bonds is 2. The van der Waals surface area contributed by atoms with Gasteiger partial charge in [-0.15, -0.1) is 0 Å². The molecule has 0 spiro atoms. The van der Waals surface area contributed by atoms with E-state index in [0.717, 1.165) is 50.1 Å². The van der Waals surface area contributed by atoms with E-state index in [1.165, 1.54) is 0 Å². The van der Waals surface area contributed by atoms with Crippen LogP contribution < -0.4 is 4.90 Å². The topological polar surface area (TPSA) is 49.6 Å². The summed E-state index contributed by atoms with van der Waals surface area (Å²) >= 11 is 5.96. The molecule has 0 radical (unpaired) electrons. The molecule has 2 fully saturated rings. The number of hydrogen-bond acceptors (Lipinski definition) is 4. The highest BCUT2D eigenvalue weighted by atomic mass is 35.5. The van der Waals surface area contributed by atoms with Gasteiger partial charge < -0.3 is 14.2 Å². The molecule has 0 bridgehead atoms. The lowest BCUT2D eigenvalue weighted by atomic mass is 10.3. The van der Waals surface area contributed by atoms with Crippen molar-refractivity contribution in [2.24, 2.45) is 5.92 Å². The molecule has 1 aliphatic heterocycles. The second-order valence-electron chi connectivity index (χ2n) is 5.70. The molecule has 0 unspecified atom stereocenters. The lowest BCUT2D eigenvalue weighted by Gasteiger charge is -2.33. The van der Waals surface area contributed by atoms with Gasteiger partial charge in [0.1, 0.15) is 5.52 Å². The van der Waals surface area contributed by atoms with Crippen LogP contribution in [0.3, 0.4) is 0 Å². The fourth-order valence-electron chi connectivity index (χ4n) is 2.73. The van der Waals surface area contributed by atoms with Crippen LogP contribution in [-0.4, -0.2) is 42.0 Å². The number of halogens is 1. The van der Waals surface area contributed by atoms with Crippen LogP contribution in [0.15, 0.2) is 22.6 Å². The zero-order valence-corrected chi connectivity index (χ0v) is 12.3. The number of nitrogens with zero attached hydrogens (tertiary/aromatic N) is 3. The average Bonchev–Trinajstić information content (AvgIpc) is 3.26. The number of piperazine rings is 1. The Morgan fingerprint density at radius 2 is 2.00 bits per heavy atom. The maximum atomic E-state index is 12.0. The molecule has 1 aromatic carbocycles. The van der Waals surface area contributed by atoms with E-state index in [1.807, 2.05) is 11.0 Å². The number of fused-ring (bicyclic) bond motifs is 1. The second-order valence-corrected chi connectivity index (χ2v) is 6.13. The normalized spacial score (nSPS) is 19.3. The van der Waals surface area contributed by atoms with Crippen molar-refractivity contribution in [2.45, 2.75) is 12.8 Å². The minimum absolute atomic E-state index is 0.294. The summed E-state index contributed by atoms with van der Waals surface area (Å²) in [6.45, 7) is 3.02. The molecule has 1 amide bonds. The first kappa shape index (κ1) is 13.0. The summed E-state index contributed by atoms with van der Waals surface area (Å²) in [5, 5.41) is 0.655. The Bertz CT molecular complexity index is 687. The molecule has 21 heavy (non-hydrogen) atoms. The van der Waals surface area contributed by atoms with Crippen LogP contribution in [0.5, 0.6) is 0 Å². The molecule has 1 aliphatic carbocycles. The van der Waals surface area contributed by atoms with Crippen LogP contribution >= 0.6 is 11.6 Å². The van der Waals surface area contributed by atoms with Gasteiger partial charge in [-0.2, -0.15) is 4.98 Å². The van der Waals surface area contributed by atoms with E-state index in [0.29, 0.717) is 22.9 Å². The molecule has 2 heterocycles. The first-order valence-corrected chi connectivity index (χ1v) is 7.68. The minimum Gasteiger partial charge on any atom is -0.423 e. The van der Waals surface area contributed by atoms with E-state index >= 15 is 0 Å². The Kier molecular flexibility index (Phi) is 3.03. The molecule has 1 saturated carbocycles. The predicted octanol–water partition coefficient (Wildman–Crippen LogP) is 2.54. The lowest BCUT2D eigenvalue weighted by molar-refractivity contribution is -0.132. The highest BCUT2D eigenvalue weighted by Crippen LogP contribution is 2.31. The van der Waals surface area contributed by atoms with Gasteiger partial charge in [-0.25, -0.2) is 0 Å². The lowest BCUT2D eigenvalue weighted by Crippen LogP contribution is -2.49. The first-order valence-electron chi connectivity index (χ1n) is 7.30. The van der Waals surface area contributed by atoms with Gasteiger partial charge in [-0.3, -0.25) is 4.79 Å². The monoisotopic (exact) mass is 305 g/mol. The van der Waals surface area contributed by atoms with E-state index in [2.05, 4.69) is 9.88 Å². The third-order valence-corrected chi connectivity index (χ3v) is 4.36. The van der Waals surface area contributed by atoms with Crippen LogP contribution in [0, 0.1) is 5.92 Å². The first-order chi connectivity index (χ1) is 10.2. The number of aromatic nitrogens is 1. The Morgan fingerprint density at radius 3 is 2.71 bits per heavy atom. The SMILES string of the molecule is O=C(C1CC1)N1CCN(c2nc3cc(Cl)ccc3o2)CC1. The Balaban J connectivity index is 1.48. The Labute approximate surface area is 127 Å². The Morgan fingerprint density at radius 1 is 1.24 bits per heavy atom. The van der Waals surface area contributed by atoms with Crippen LogP contribution in [0.4, 0.5) is 6.01 Å². The van der Waals surface area contributed by atoms with Gasteiger partial charge in [-0.1, -0.05) is 11.6 Å². The molecule has 110 valence electrons. The van der Waals surface area contributed by atoms with Crippen molar-refractivity contribution < 1.29 is 9.21 Å². The van der Waals surface area contributed by atoms with E-state index < -0.39 is 0 Å². The van der Waals surface area contributed by atoms with Crippen molar-refractivity contribution in [3.8, 4) is 0 Å². The number of benzene rings is 1. The highest BCUT2D eigenvalue weighted by molar-refractivity contribution is 6.31. The summed E-state index contributed by atoms with van der Waals surface area (Å²) in [6.07, 6.45) is 2.12. The molecular formula is C15H16ClN3O2. The van der Waals surface area contributed by atoms with Crippen LogP contribution in [0.25, 0.3) is 11.1 Å². The number of oxazole rings is 1. The van der Waals surface area contributed by atoms with Crippen LogP contribution in [0.2, 0.25) is 5.02 Å². The number of hydrogen-bond donors (Lipinski definition) is 0. The van der Waals surface area contributed by atoms with E-state index in [9.17, 15) is 4.79 Å². The van der Waals surface area contributed by atoms with Gasteiger partial charge >= 0.3 is 0 Å². The predicted molar refractivity (Wildman–Crippen MR) is 80.5 cm³/mol. The van der Waals surface area contributed by atoms with Gasteiger partial charge in [0.25, 0.3) is 6.01 Å². The maximum Gasteiger partial charge on any atom is 0.298 e. The molecule has 2 aromatic rings. The molecule has 0 atom stereocenters. The van der Waals surface area contributed by atoms with Crippen molar-refractivity contribution >= 4 is 34.6 Å². The van der Waals surface area contributed by atoms with Crippen molar-refractivity contribution in [1.82, 2.24) is 9.88 Å². The van der Waals surface area contributed by atoms with Gasteiger partial charge in [0.2, 0.25) is 5.91 Å². The Hall–Kier alpha value is -1.75. The summed E-state index contributed by atoms with van der Waals surface area (Å²) in [4.78, 5) is 20.6. The number of carbonyl (C=O) groups is 1. The van der Waals surface area contributed by atoms with Gasteiger partial charge in [-0.05, 0) is 31.0 Å². The molecule has 1 saturated heterocycles. The van der Waals surface area contributed by atoms with Crippen molar-refractivity contribution in [3.05, 3.63) is 23.2 Å². The standard InChI is InChI=1S/C15H16ClN3O2/c16-11-3-4-13-12(9-11)17-15(21-13)19-7-5-18(6-8-19)14(20)10-1-2-10/h3-4,9-10H,1-2,5-8H2. The van der Waals surface area contributed by atoms with Gasteiger partial charge in [0.05, 0.1) is 0 Å². The minimum atomic E-state index is 0.294. The molecule has 2 aliphatic rings. The zero-order chi connectivity index (χ0) is 14.4. The fraction of sp³-hybridized carbons (Fsp3) is 0.467. The third kappa shape index (κ3) is 2.46. The van der Waals surface area contributed by atoms with Gasteiger partial charge in [0, 0.05) is 37.1 Å². The molecular weight excluding hydrogens is 290 g/mol. The largest absolute Gasteiger partial charge is 0.423 e. The molecule has 6 heteroatoms. The quantitative estimate of drug-likeness (QED) is 0.855. The molecule has 4 rings (SSSR count). The number of carbonyl (C=O) groups excluding carboxylic acids is 1. The van der Waals surface area contributed by atoms with Crippen LogP contribution in [-0.2, 0) is 4.79 Å².